The Hall–Kier alpha value is -0.610. The second-order valence-corrected chi connectivity index (χ2v) is 7.69. The first-order chi connectivity index (χ1) is 10.7. The lowest BCUT2D eigenvalue weighted by atomic mass is 9.73. The third-order valence-electron chi connectivity index (χ3n) is 6.30. The molecule has 0 radical (unpaired) electrons. The molecule has 0 aromatic carbocycles. The summed E-state index contributed by atoms with van der Waals surface area (Å²) < 4.78 is 5.76. The van der Waals surface area contributed by atoms with Crippen LogP contribution in [0.4, 0.5) is 0 Å². The Morgan fingerprint density at radius 3 is 2.23 bits per heavy atom. The molecule has 3 rings (SSSR count). The molecule has 2 aliphatic heterocycles. The molecule has 2 heterocycles. The van der Waals surface area contributed by atoms with Crippen LogP contribution in [0.1, 0.15) is 64.2 Å². The number of hydrogen-bond acceptors (Lipinski definition) is 3. The summed E-state index contributed by atoms with van der Waals surface area (Å²) in [5.41, 5.74) is -0.152. The van der Waals surface area contributed by atoms with Crippen molar-refractivity contribution in [3.05, 3.63) is 0 Å². The van der Waals surface area contributed by atoms with Crippen LogP contribution in [-0.2, 0) is 9.53 Å². The Morgan fingerprint density at radius 2 is 1.59 bits per heavy atom. The molecule has 0 aromatic rings. The van der Waals surface area contributed by atoms with Crippen molar-refractivity contribution in [3.8, 4) is 0 Å². The van der Waals surface area contributed by atoms with Crippen LogP contribution in [0.25, 0.3) is 0 Å². The SMILES string of the molecule is COC1(C(=O)N2CCCC3(CCCCCC3)C2)CCNCC1. The fourth-order valence-electron chi connectivity index (χ4n) is 4.89. The molecule has 3 aliphatic rings. The van der Waals surface area contributed by atoms with E-state index in [1.165, 1.54) is 51.4 Å². The number of nitrogens with zero attached hydrogens (tertiary/aromatic N) is 1. The molecule has 4 heteroatoms. The van der Waals surface area contributed by atoms with Crippen molar-refractivity contribution in [1.29, 1.82) is 0 Å². The molecule has 3 fully saturated rings. The maximum absolute atomic E-state index is 13.2. The van der Waals surface area contributed by atoms with Crippen LogP contribution in [-0.4, -0.2) is 49.7 Å². The average molecular weight is 308 g/mol. The van der Waals surface area contributed by atoms with Gasteiger partial charge in [-0.3, -0.25) is 4.79 Å². The summed E-state index contributed by atoms with van der Waals surface area (Å²) in [4.78, 5) is 15.3. The van der Waals surface area contributed by atoms with Crippen molar-refractivity contribution in [2.75, 3.05) is 33.3 Å². The van der Waals surface area contributed by atoms with Crippen LogP contribution in [0.15, 0.2) is 0 Å². The van der Waals surface area contributed by atoms with Gasteiger partial charge < -0.3 is 15.0 Å². The van der Waals surface area contributed by atoms with Gasteiger partial charge in [-0.15, -0.1) is 0 Å². The van der Waals surface area contributed by atoms with Crippen molar-refractivity contribution >= 4 is 5.91 Å². The molecule has 4 nitrogen and oxygen atoms in total. The molecule has 1 saturated carbocycles. The van der Waals surface area contributed by atoms with E-state index in [2.05, 4.69) is 10.2 Å². The zero-order valence-corrected chi connectivity index (χ0v) is 14.2. The van der Waals surface area contributed by atoms with Gasteiger partial charge in [-0.25, -0.2) is 0 Å². The molecular formula is C18H32N2O2. The van der Waals surface area contributed by atoms with Crippen LogP contribution in [0.2, 0.25) is 0 Å². The zero-order valence-electron chi connectivity index (χ0n) is 14.2. The summed E-state index contributed by atoms with van der Waals surface area (Å²) in [6.07, 6.45) is 12.2. The van der Waals surface area contributed by atoms with E-state index in [-0.39, 0.29) is 5.91 Å². The van der Waals surface area contributed by atoms with Crippen molar-refractivity contribution in [3.63, 3.8) is 0 Å². The fourth-order valence-corrected chi connectivity index (χ4v) is 4.89. The highest BCUT2D eigenvalue weighted by Crippen LogP contribution is 2.43. The lowest BCUT2D eigenvalue weighted by molar-refractivity contribution is -0.162. The molecule has 1 amide bonds. The molecule has 1 N–H and O–H groups in total. The molecule has 0 unspecified atom stereocenters. The van der Waals surface area contributed by atoms with Gasteiger partial charge in [0.15, 0.2) is 0 Å². The normalized spacial score (nSPS) is 28.3. The minimum atomic E-state index is -0.561. The Morgan fingerprint density at radius 1 is 0.955 bits per heavy atom. The number of hydrogen-bond donors (Lipinski definition) is 1. The predicted molar refractivity (Wildman–Crippen MR) is 87.8 cm³/mol. The van der Waals surface area contributed by atoms with E-state index < -0.39 is 5.60 Å². The van der Waals surface area contributed by atoms with Crippen molar-refractivity contribution in [2.45, 2.75) is 69.8 Å². The van der Waals surface area contributed by atoms with Gasteiger partial charge in [0.05, 0.1) is 0 Å². The number of rotatable bonds is 2. The van der Waals surface area contributed by atoms with Crippen molar-refractivity contribution < 1.29 is 9.53 Å². The Balaban J connectivity index is 1.71. The van der Waals surface area contributed by atoms with Crippen LogP contribution in [0.5, 0.6) is 0 Å². The van der Waals surface area contributed by atoms with Gasteiger partial charge in [0, 0.05) is 20.2 Å². The Labute approximate surface area is 135 Å². The van der Waals surface area contributed by atoms with Crippen LogP contribution >= 0.6 is 0 Å². The maximum Gasteiger partial charge on any atom is 0.254 e. The predicted octanol–water partition coefficient (Wildman–Crippen LogP) is 2.72. The fraction of sp³-hybridized carbons (Fsp3) is 0.944. The van der Waals surface area contributed by atoms with Gasteiger partial charge in [-0.1, -0.05) is 25.7 Å². The first kappa shape index (κ1) is 16.3. The number of amides is 1. The van der Waals surface area contributed by atoms with E-state index in [1.807, 2.05) is 0 Å². The topological polar surface area (TPSA) is 41.6 Å². The average Bonchev–Trinajstić information content (AvgIpc) is 2.80. The number of carbonyl (C=O) groups is 1. The van der Waals surface area contributed by atoms with E-state index in [1.54, 1.807) is 7.11 Å². The van der Waals surface area contributed by atoms with Gasteiger partial charge in [0.1, 0.15) is 5.60 Å². The standard InChI is InChI=1S/C18H32N2O2/c1-22-18(10-12-19-13-11-18)16(21)20-14-6-9-17(15-20)7-4-2-3-5-8-17/h19H,2-15H2,1H3. The van der Waals surface area contributed by atoms with Crippen molar-refractivity contribution in [2.24, 2.45) is 5.41 Å². The summed E-state index contributed by atoms with van der Waals surface area (Å²) in [5.74, 6) is 0.264. The zero-order chi connectivity index (χ0) is 15.5. The first-order valence-electron chi connectivity index (χ1n) is 9.25. The number of ether oxygens (including phenoxy) is 1. The van der Waals surface area contributed by atoms with Gasteiger partial charge >= 0.3 is 0 Å². The third kappa shape index (κ3) is 3.18. The molecule has 0 bridgehead atoms. The summed E-state index contributed by atoms with van der Waals surface area (Å²) in [6, 6.07) is 0. The quantitative estimate of drug-likeness (QED) is 0.853. The Bertz CT molecular complexity index is 383. The first-order valence-corrected chi connectivity index (χ1v) is 9.25. The number of carbonyl (C=O) groups excluding carboxylic acids is 1. The summed E-state index contributed by atoms with van der Waals surface area (Å²) in [5, 5.41) is 3.35. The molecule has 0 atom stereocenters. The van der Waals surface area contributed by atoms with Gasteiger partial charge in [0.2, 0.25) is 0 Å². The second kappa shape index (κ2) is 6.88. The summed E-state index contributed by atoms with van der Waals surface area (Å²) in [7, 11) is 1.72. The lowest BCUT2D eigenvalue weighted by Gasteiger charge is -2.46. The maximum atomic E-state index is 13.2. The largest absolute Gasteiger partial charge is 0.368 e. The van der Waals surface area contributed by atoms with E-state index in [0.717, 1.165) is 39.0 Å². The highest BCUT2D eigenvalue weighted by molar-refractivity contribution is 5.85. The number of nitrogens with one attached hydrogen (secondary N) is 1. The van der Waals surface area contributed by atoms with E-state index in [0.29, 0.717) is 5.41 Å². The summed E-state index contributed by atoms with van der Waals surface area (Å²) in [6.45, 7) is 3.68. The molecule has 22 heavy (non-hydrogen) atoms. The molecular weight excluding hydrogens is 276 g/mol. The smallest absolute Gasteiger partial charge is 0.254 e. The number of piperidine rings is 2. The van der Waals surface area contributed by atoms with Gasteiger partial charge in [-0.05, 0) is 57.0 Å². The van der Waals surface area contributed by atoms with Gasteiger partial charge in [-0.2, -0.15) is 0 Å². The number of likely N-dealkylation sites (tertiary alicyclic amines) is 1. The lowest BCUT2D eigenvalue weighted by Crippen LogP contribution is -2.58. The molecule has 0 aromatic heterocycles. The monoisotopic (exact) mass is 308 g/mol. The molecule has 126 valence electrons. The Kier molecular flexibility index (Phi) is 5.08. The van der Waals surface area contributed by atoms with E-state index in [9.17, 15) is 4.79 Å². The summed E-state index contributed by atoms with van der Waals surface area (Å²) >= 11 is 0. The molecule has 2 saturated heterocycles. The highest BCUT2D eigenvalue weighted by Gasteiger charge is 2.45. The van der Waals surface area contributed by atoms with Crippen molar-refractivity contribution in [1.82, 2.24) is 10.2 Å². The van der Waals surface area contributed by atoms with E-state index in [4.69, 9.17) is 4.74 Å². The van der Waals surface area contributed by atoms with Gasteiger partial charge in [0.25, 0.3) is 5.91 Å². The van der Waals surface area contributed by atoms with Crippen LogP contribution < -0.4 is 5.32 Å². The number of methoxy groups -OCH3 is 1. The second-order valence-electron chi connectivity index (χ2n) is 7.69. The highest BCUT2D eigenvalue weighted by atomic mass is 16.5. The van der Waals surface area contributed by atoms with E-state index >= 15 is 0 Å². The van der Waals surface area contributed by atoms with Crippen LogP contribution in [0.3, 0.4) is 0 Å². The third-order valence-corrected chi connectivity index (χ3v) is 6.30. The van der Waals surface area contributed by atoms with Crippen LogP contribution in [0, 0.1) is 5.41 Å². The minimum Gasteiger partial charge on any atom is -0.368 e. The molecule has 1 spiro atoms. The minimum absolute atomic E-state index is 0.264. The molecule has 1 aliphatic carbocycles.